The van der Waals surface area contributed by atoms with Crippen LogP contribution in [0.15, 0.2) is 30.8 Å². The minimum absolute atomic E-state index is 0.316. The van der Waals surface area contributed by atoms with Crippen LogP contribution in [-0.2, 0) is 15.4 Å². The molecule has 0 aromatic heterocycles. The first-order valence-corrected chi connectivity index (χ1v) is 8.75. The molecule has 2 atom stereocenters. The van der Waals surface area contributed by atoms with Crippen molar-refractivity contribution in [3.05, 3.63) is 42.0 Å². The number of aliphatic hydroxyl groups is 1. The first kappa shape index (κ1) is 13.8. The van der Waals surface area contributed by atoms with Gasteiger partial charge in [0.05, 0.1) is 16.1 Å². The highest BCUT2D eigenvalue weighted by Gasteiger charge is 2.51. The Morgan fingerprint density at radius 3 is 2.40 bits per heavy atom. The predicted molar refractivity (Wildman–Crippen MR) is 80.0 cm³/mol. The molecule has 20 heavy (non-hydrogen) atoms. The molecule has 2 heterocycles. The van der Waals surface area contributed by atoms with Gasteiger partial charge in [-0.3, -0.25) is 0 Å². The van der Waals surface area contributed by atoms with Gasteiger partial charge in [0.1, 0.15) is 0 Å². The van der Waals surface area contributed by atoms with Gasteiger partial charge in [0.15, 0.2) is 9.84 Å². The molecule has 0 amide bonds. The van der Waals surface area contributed by atoms with Crippen LogP contribution < -0.4 is 0 Å². The molecule has 2 aliphatic heterocycles. The van der Waals surface area contributed by atoms with Gasteiger partial charge < -0.3 is 5.11 Å². The average Bonchev–Trinajstić information content (AvgIpc) is 2.41. The molecule has 0 radical (unpaired) electrons. The van der Waals surface area contributed by atoms with Gasteiger partial charge in [-0.15, -0.1) is 0 Å². The smallest absolute Gasteiger partial charge is 0.156 e. The normalized spacial score (nSPS) is 35.5. The summed E-state index contributed by atoms with van der Waals surface area (Å²) in [6.07, 6.45) is 4.67. The Morgan fingerprint density at radius 2 is 1.80 bits per heavy atom. The molecule has 2 unspecified atom stereocenters. The Kier molecular flexibility index (Phi) is 3.26. The quantitative estimate of drug-likeness (QED) is 0.911. The van der Waals surface area contributed by atoms with Crippen LogP contribution in [0.2, 0.25) is 0 Å². The van der Waals surface area contributed by atoms with Gasteiger partial charge in [0.25, 0.3) is 0 Å². The van der Waals surface area contributed by atoms with Gasteiger partial charge in [0.2, 0.25) is 0 Å². The third-order valence-electron chi connectivity index (χ3n) is 4.79. The Bertz CT molecular complexity index is 613. The molecule has 0 spiro atoms. The predicted octanol–water partition coefficient (Wildman–Crippen LogP) is 2.65. The Hall–Kier alpha value is -1.13. The van der Waals surface area contributed by atoms with Gasteiger partial charge in [0, 0.05) is 0 Å². The molecule has 1 aromatic rings. The summed E-state index contributed by atoms with van der Waals surface area (Å²) in [5.41, 5.74) is 0.681. The molecule has 3 nitrogen and oxygen atoms in total. The van der Waals surface area contributed by atoms with Crippen molar-refractivity contribution in [2.45, 2.75) is 48.2 Å². The standard InChI is InChI=1S/C16H20O3S/c1-2-12-6-3-4-9-15(12)16(17)10-13-7-5-8-14(11-16)20(13,18)19/h2-4,6,9,13-14,17H,1,5,7-8,10-11H2. The fourth-order valence-corrected chi connectivity index (χ4v) is 6.32. The number of benzene rings is 1. The molecular formula is C16H20O3S. The lowest BCUT2D eigenvalue weighted by atomic mass is 9.79. The lowest BCUT2D eigenvalue weighted by Crippen LogP contribution is -2.50. The first-order valence-electron chi connectivity index (χ1n) is 7.14. The van der Waals surface area contributed by atoms with E-state index in [1.807, 2.05) is 24.3 Å². The van der Waals surface area contributed by atoms with E-state index in [1.165, 1.54) is 0 Å². The second-order valence-corrected chi connectivity index (χ2v) is 8.51. The van der Waals surface area contributed by atoms with Crippen LogP contribution >= 0.6 is 0 Å². The van der Waals surface area contributed by atoms with Crippen LogP contribution in [0.3, 0.4) is 0 Å². The maximum absolute atomic E-state index is 12.3. The summed E-state index contributed by atoms with van der Waals surface area (Å²) in [4.78, 5) is 0. The maximum atomic E-state index is 12.3. The number of rotatable bonds is 2. The van der Waals surface area contributed by atoms with Crippen LogP contribution in [0.5, 0.6) is 0 Å². The van der Waals surface area contributed by atoms with Crippen LogP contribution in [-0.4, -0.2) is 24.0 Å². The van der Waals surface area contributed by atoms with Gasteiger partial charge in [-0.25, -0.2) is 8.42 Å². The summed E-state index contributed by atoms with van der Waals surface area (Å²) in [5, 5.41) is 10.3. The third-order valence-corrected chi connectivity index (χ3v) is 7.46. The zero-order valence-electron chi connectivity index (χ0n) is 11.5. The van der Waals surface area contributed by atoms with E-state index in [2.05, 4.69) is 6.58 Å². The lowest BCUT2D eigenvalue weighted by Gasteiger charge is -2.44. The van der Waals surface area contributed by atoms with Gasteiger partial charge in [-0.1, -0.05) is 43.3 Å². The highest BCUT2D eigenvalue weighted by molar-refractivity contribution is 7.92. The van der Waals surface area contributed by atoms with Crippen molar-refractivity contribution in [2.75, 3.05) is 0 Å². The second kappa shape index (κ2) is 4.71. The van der Waals surface area contributed by atoms with E-state index in [9.17, 15) is 13.5 Å². The molecule has 0 aliphatic carbocycles. The topological polar surface area (TPSA) is 54.4 Å². The van der Waals surface area contributed by atoms with Crippen LogP contribution in [0, 0.1) is 0 Å². The Labute approximate surface area is 120 Å². The molecule has 2 bridgehead atoms. The lowest BCUT2D eigenvalue weighted by molar-refractivity contribution is 0.00484. The molecule has 3 rings (SSSR count). The molecule has 1 aromatic carbocycles. The van der Waals surface area contributed by atoms with E-state index in [-0.39, 0.29) is 0 Å². The summed E-state index contributed by atoms with van der Waals surface area (Å²) in [6, 6.07) is 7.60. The fraction of sp³-hybridized carbons (Fsp3) is 0.500. The highest BCUT2D eigenvalue weighted by atomic mass is 32.2. The average molecular weight is 292 g/mol. The SMILES string of the molecule is C=Cc1ccccc1C1(O)CC2CCCC(C1)S2(=O)=O. The largest absolute Gasteiger partial charge is 0.385 e. The highest BCUT2D eigenvalue weighted by Crippen LogP contribution is 2.46. The van der Waals surface area contributed by atoms with E-state index < -0.39 is 25.9 Å². The molecule has 4 heteroatoms. The Balaban J connectivity index is 2.04. The van der Waals surface area contributed by atoms with E-state index in [0.717, 1.165) is 17.5 Å². The van der Waals surface area contributed by atoms with Crippen molar-refractivity contribution in [3.8, 4) is 0 Å². The summed E-state index contributed by atoms with van der Waals surface area (Å²) < 4.78 is 24.7. The number of sulfone groups is 1. The summed E-state index contributed by atoms with van der Waals surface area (Å²) in [6.45, 7) is 3.79. The molecule has 0 saturated carbocycles. The zero-order valence-corrected chi connectivity index (χ0v) is 12.3. The van der Waals surface area contributed by atoms with Crippen LogP contribution in [0.4, 0.5) is 0 Å². The third kappa shape index (κ3) is 2.02. The van der Waals surface area contributed by atoms with E-state index in [0.29, 0.717) is 25.7 Å². The monoisotopic (exact) mass is 292 g/mol. The van der Waals surface area contributed by atoms with Crippen molar-refractivity contribution in [1.82, 2.24) is 0 Å². The van der Waals surface area contributed by atoms with Gasteiger partial charge in [-0.2, -0.15) is 0 Å². The summed E-state index contributed by atoms with van der Waals surface area (Å²) in [7, 11) is -3.05. The fourth-order valence-electron chi connectivity index (χ4n) is 3.77. The minimum atomic E-state index is -3.05. The molecule has 2 aliphatic rings. The van der Waals surface area contributed by atoms with Crippen molar-refractivity contribution >= 4 is 15.9 Å². The zero-order chi connectivity index (χ0) is 14.4. The summed E-state index contributed by atoms with van der Waals surface area (Å²) >= 11 is 0. The molecular weight excluding hydrogens is 272 g/mol. The van der Waals surface area contributed by atoms with E-state index >= 15 is 0 Å². The van der Waals surface area contributed by atoms with Crippen molar-refractivity contribution in [3.63, 3.8) is 0 Å². The van der Waals surface area contributed by atoms with Gasteiger partial charge in [-0.05, 0) is 36.8 Å². The minimum Gasteiger partial charge on any atom is -0.385 e. The van der Waals surface area contributed by atoms with E-state index in [1.54, 1.807) is 6.08 Å². The number of hydrogen-bond donors (Lipinski definition) is 1. The molecule has 108 valence electrons. The molecule has 1 N–H and O–H groups in total. The first-order chi connectivity index (χ1) is 9.47. The second-order valence-electron chi connectivity index (χ2n) is 6.00. The van der Waals surface area contributed by atoms with Crippen LogP contribution in [0.25, 0.3) is 6.08 Å². The number of hydrogen-bond acceptors (Lipinski definition) is 3. The maximum Gasteiger partial charge on any atom is 0.156 e. The van der Waals surface area contributed by atoms with Crippen molar-refractivity contribution in [2.24, 2.45) is 0 Å². The number of fused-ring (bicyclic) bond motifs is 2. The molecule has 2 saturated heterocycles. The van der Waals surface area contributed by atoms with Gasteiger partial charge >= 0.3 is 0 Å². The molecule has 2 fully saturated rings. The summed E-state index contributed by atoms with van der Waals surface area (Å²) in [5.74, 6) is 0. The van der Waals surface area contributed by atoms with E-state index in [4.69, 9.17) is 0 Å². The Morgan fingerprint density at radius 1 is 1.20 bits per heavy atom. The van der Waals surface area contributed by atoms with Crippen LogP contribution in [0.1, 0.15) is 43.2 Å². The van der Waals surface area contributed by atoms with Crippen molar-refractivity contribution < 1.29 is 13.5 Å². The van der Waals surface area contributed by atoms with Crippen molar-refractivity contribution in [1.29, 1.82) is 0 Å².